The Kier molecular flexibility index (Phi) is 5.82. The third kappa shape index (κ3) is 5.58. The minimum atomic E-state index is -3.43. The molecule has 0 aliphatic carbocycles. The summed E-state index contributed by atoms with van der Waals surface area (Å²) in [6.07, 6.45) is 2.19. The summed E-state index contributed by atoms with van der Waals surface area (Å²) in [7, 11) is -3.43. The van der Waals surface area contributed by atoms with Crippen LogP contribution in [0, 0.1) is 5.92 Å². The zero-order valence-corrected chi connectivity index (χ0v) is 14.3. The van der Waals surface area contributed by atoms with Crippen molar-refractivity contribution in [2.24, 2.45) is 11.1 Å². The third-order valence-corrected chi connectivity index (χ3v) is 5.66. The van der Waals surface area contributed by atoms with Crippen molar-refractivity contribution in [1.82, 2.24) is 10.2 Å². The average molecular weight is 345 g/mol. The number of nitrogens with two attached hydrogens (primary N) is 1. The van der Waals surface area contributed by atoms with E-state index in [0.29, 0.717) is 25.9 Å². The summed E-state index contributed by atoms with van der Waals surface area (Å²) in [4.78, 5) is 15.2. The number of amides is 2. The third-order valence-electron chi connectivity index (χ3n) is 3.83. The molecule has 0 spiro atoms. The molecule has 1 aliphatic heterocycles. The lowest BCUT2D eigenvalue weighted by atomic mass is 9.99. The van der Waals surface area contributed by atoms with Gasteiger partial charge in [-0.15, -0.1) is 11.3 Å². The second-order valence-electron chi connectivity index (χ2n) is 5.89. The molecule has 2 amide bonds. The number of urea groups is 1. The lowest BCUT2D eigenvalue weighted by Crippen LogP contribution is -2.48. The minimum absolute atomic E-state index is 0.0112. The number of carbonyl (C=O) groups is 1. The van der Waals surface area contributed by atoms with Gasteiger partial charge < -0.3 is 10.2 Å². The van der Waals surface area contributed by atoms with Crippen molar-refractivity contribution in [2.45, 2.75) is 32.2 Å². The number of hydrogen-bond acceptors (Lipinski definition) is 4. The van der Waals surface area contributed by atoms with Crippen LogP contribution in [0.4, 0.5) is 4.79 Å². The van der Waals surface area contributed by atoms with E-state index >= 15 is 0 Å². The molecule has 2 rings (SSSR count). The van der Waals surface area contributed by atoms with Gasteiger partial charge in [-0.2, -0.15) is 0 Å². The Morgan fingerprint density at radius 1 is 1.50 bits per heavy atom. The molecule has 22 heavy (non-hydrogen) atoms. The molecule has 1 unspecified atom stereocenters. The maximum Gasteiger partial charge on any atom is 0.317 e. The van der Waals surface area contributed by atoms with Crippen LogP contribution in [-0.2, 0) is 16.4 Å². The number of hydrogen-bond donors (Lipinski definition) is 2. The molecule has 6 nitrogen and oxygen atoms in total. The molecule has 8 heteroatoms. The van der Waals surface area contributed by atoms with E-state index in [2.05, 4.69) is 11.4 Å². The van der Waals surface area contributed by atoms with Crippen LogP contribution in [0.5, 0.6) is 0 Å². The number of rotatable bonds is 5. The van der Waals surface area contributed by atoms with Crippen LogP contribution in [0.25, 0.3) is 0 Å². The average Bonchev–Trinajstić information content (AvgIpc) is 2.90. The van der Waals surface area contributed by atoms with Gasteiger partial charge in [0.25, 0.3) is 0 Å². The molecular formula is C14H23N3O3S2. The van der Waals surface area contributed by atoms with Crippen molar-refractivity contribution in [3.8, 4) is 0 Å². The lowest BCUT2D eigenvalue weighted by molar-refractivity contribution is 0.171. The quantitative estimate of drug-likeness (QED) is 0.844. The van der Waals surface area contributed by atoms with Crippen LogP contribution in [0.2, 0.25) is 0 Å². The van der Waals surface area contributed by atoms with E-state index in [1.54, 1.807) is 16.2 Å². The Morgan fingerprint density at radius 3 is 2.73 bits per heavy atom. The number of carbonyl (C=O) groups excluding carboxylic acids is 1. The zero-order valence-electron chi connectivity index (χ0n) is 12.7. The molecule has 2 heterocycles. The highest BCUT2D eigenvalue weighted by Gasteiger charge is 2.25. The summed E-state index contributed by atoms with van der Waals surface area (Å²) in [5.41, 5.74) is 0. The first-order valence-electron chi connectivity index (χ1n) is 7.42. The number of nitrogens with one attached hydrogen (secondary N) is 1. The van der Waals surface area contributed by atoms with Crippen molar-refractivity contribution in [3.63, 3.8) is 0 Å². The van der Waals surface area contributed by atoms with Crippen LogP contribution in [0.3, 0.4) is 0 Å². The van der Waals surface area contributed by atoms with Gasteiger partial charge >= 0.3 is 6.03 Å². The van der Waals surface area contributed by atoms with Gasteiger partial charge in [-0.1, -0.05) is 6.07 Å². The number of likely N-dealkylation sites (tertiary alicyclic amines) is 1. The van der Waals surface area contributed by atoms with Crippen LogP contribution in [-0.4, -0.2) is 44.2 Å². The summed E-state index contributed by atoms with van der Waals surface area (Å²) in [6.45, 7) is 3.15. The van der Waals surface area contributed by atoms with Crippen molar-refractivity contribution in [3.05, 3.63) is 22.4 Å². The normalized spacial score (nSPS) is 18.2. The van der Waals surface area contributed by atoms with Gasteiger partial charge in [0.1, 0.15) is 0 Å². The largest absolute Gasteiger partial charge is 0.335 e. The molecule has 0 saturated carbocycles. The van der Waals surface area contributed by atoms with Gasteiger partial charge in [0.15, 0.2) is 0 Å². The van der Waals surface area contributed by atoms with Crippen molar-refractivity contribution in [2.75, 3.05) is 18.8 Å². The maximum absolute atomic E-state index is 12.2. The smallest absolute Gasteiger partial charge is 0.317 e. The number of nitrogens with zero attached hydrogens (tertiary/aromatic N) is 1. The highest BCUT2D eigenvalue weighted by Crippen LogP contribution is 2.18. The van der Waals surface area contributed by atoms with E-state index in [9.17, 15) is 13.2 Å². The Balaban J connectivity index is 1.75. The van der Waals surface area contributed by atoms with Gasteiger partial charge in [-0.25, -0.2) is 18.4 Å². The fraction of sp³-hybridized carbons (Fsp3) is 0.643. The van der Waals surface area contributed by atoms with E-state index in [0.717, 1.165) is 6.42 Å². The first-order chi connectivity index (χ1) is 10.3. The van der Waals surface area contributed by atoms with Crippen LogP contribution in [0.15, 0.2) is 17.5 Å². The molecule has 1 aromatic rings. The fourth-order valence-electron chi connectivity index (χ4n) is 2.71. The number of sulfonamides is 1. The topological polar surface area (TPSA) is 92.5 Å². The number of piperidine rings is 1. The molecule has 0 bridgehead atoms. The van der Waals surface area contributed by atoms with Crippen molar-refractivity contribution < 1.29 is 13.2 Å². The maximum atomic E-state index is 12.2. The van der Waals surface area contributed by atoms with Gasteiger partial charge in [0.2, 0.25) is 10.0 Å². The summed E-state index contributed by atoms with van der Waals surface area (Å²) < 4.78 is 22.2. The Labute approximate surface area is 135 Å². The number of thiophene rings is 1. The van der Waals surface area contributed by atoms with E-state index in [1.165, 1.54) is 4.88 Å². The predicted molar refractivity (Wildman–Crippen MR) is 88.3 cm³/mol. The highest BCUT2D eigenvalue weighted by atomic mass is 32.2. The van der Waals surface area contributed by atoms with Gasteiger partial charge in [0, 0.05) is 30.4 Å². The van der Waals surface area contributed by atoms with Crippen LogP contribution in [0.1, 0.15) is 24.6 Å². The molecule has 1 aliphatic rings. The molecular weight excluding hydrogens is 322 g/mol. The van der Waals surface area contributed by atoms with E-state index in [4.69, 9.17) is 5.14 Å². The Morgan fingerprint density at radius 2 is 2.18 bits per heavy atom. The van der Waals surface area contributed by atoms with Crippen molar-refractivity contribution in [1.29, 1.82) is 0 Å². The van der Waals surface area contributed by atoms with E-state index in [1.807, 2.05) is 18.4 Å². The number of primary sulfonamides is 1. The van der Waals surface area contributed by atoms with Gasteiger partial charge in [-0.3, -0.25) is 0 Å². The monoisotopic (exact) mass is 345 g/mol. The minimum Gasteiger partial charge on any atom is -0.335 e. The SMILES string of the molecule is CC(Cc1cccs1)NC(=O)N1CCC(CS(N)(=O)=O)CC1. The molecule has 3 N–H and O–H groups in total. The highest BCUT2D eigenvalue weighted by molar-refractivity contribution is 7.89. The molecule has 0 aromatic carbocycles. The fourth-order valence-corrected chi connectivity index (χ4v) is 4.54. The Bertz CT molecular complexity index is 578. The van der Waals surface area contributed by atoms with Gasteiger partial charge in [0.05, 0.1) is 5.75 Å². The standard InChI is InChI=1S/C14H23N3O3S2/c1-11(9-13-3-2-8-21-13)16-14(18)17-6-4-12(5-7-17)10-22(15,19)20/h2-3,8,11-12H,4-7,9-10H2,1H3,(H,16,18)(H2,15,19,20). The summed E-state index contributed by atoms with van der Waals surface area (Å²) in [5.74, 6) is 0.0691. The first kappa shape index (κ1) is 17.2. The predicted octanol–water partition coefficient (Wildman–Crippen LogP) is 1.39. The molecule has 0 radical (unpaired) electrons. The first-order valence-corrected chi connectivity index (χ1v) is 10.0. The molecule has 1 atom stereocenters. The molecule has 1 aromatic heterocycles. The van der Waals surface area contributed by atoms with E-state index in [-0.39, 0.29) is 23.7 Å². The van der Waals surface area contributed by atoms with Crippen LogP contribution < -0.4 is 10.5 Å². The van der Waals surface area contributed by atoms with E-state index < -0.39 is 10.0 Å². The van der Waals surface area contributed by atoms with Gasteiger partial charge in [-0.05, 0) is 37.1 Å². The summed E-state index contributed by atoms with van der Waals surface area (Å²) in [6, 6.07) is 4.07. The molecule has 124 valence electrons. The van der Waals surface area contributed by atoms with Crippen LogP contribution >= 0.6 is 11.3 Å². The molecule has 1 saturated heterocycles. The second kappa shape index (κ2) is 7.43. The molecule has 1 fully saturated rings. The summed E-state index contributed by atoms with van der Waals surface area (Å²) in [5, 5.41) is 10.1. The summed E-state index contributed by atoms with van der Waals surface area (Å²) >= 11 is 1.69. The second-order valence-corrected chi connectivity index (χ2v) is 8.59. The van der Waals surface area contributed by atoms with Crippen molar-refractivity contribution >= 4 is 27.4 Å². The Hall–Kier alpha value is -1.12. The zero-order chi connectivity index (χ0) is 16.2. The lowest BCUT2D eigenvalue weighted by Gasteiger charge is -2.32.